The van der Waals surface area contributed by atoms with Crippen molar-refractivity contribution in [1.29, 1.82) is 0 Å². The quantitative estimate of drug-likeness (QED) is 0.0185. The van der Waals surface area contributed by atoms with Gasteiger partial charge in [0.25, 0.3) is 0 Å². The third-order valence-electron chi connectivity index (χ3n) is 21.1. The first-order valence-corrected chi connectivity index (χ1v) is 47.4. The molecule has 3 aromatic rings. The number of hydrogen-bond donors (Lipinski definition) is 19. The van der Waals surface area contributed by atoms with Crippen LogP contribution in [0.2, 0.25) is 0 Å². The number of carbonyl (C=O) groups is 12. The number of hydrogen-bond acceptors (Lipinski definition) is 21. The van der Waals surface area contributed by atoms with E-state index in [1.807, 2.05) is 219 Å². The average Bonchev–Trinajstić information content (AvgIpc) is 0.840. The number of carboxylic acids is 12. The molecule has 0 radical (unpaired) electrons. The predicted octanol–water partition coefficient (Wildman–Crippen LogP) is 18.3. The van der Waals surface area contributed by atoms with Gasteiger partial charge in [0.2, 0.25) is 0 Å². The first kappa shape index (κ1) is 146. The highest BCUT2D eigenvalue weighted by Gasteiger charge is 2.32. The number of phenolic OH excluding ortho intramolecular Hbond substituents is 1. The molecule has 0 aliphatic rings. The Morgan fingerprint density at radius 3 is 0.844 bits per heavy atom. The van der Waals surface area contributed by atoms with Crippen LogP contribution in [0.3, 0.4) is 0 Å². The lowest BCUT2D eigenvalue weighted by Crippen LogP contribution is -2.30. The Labute approximate surface area is 811 Å². The van der Waals surface area contributed by atoms with Crippen molar-refractivity contribution >= 4 is 83.4 Å². The molecule has 3 aromatic carbocycles. The maximum absolute atomic E-state index is 11.0. The second kappa shape index (κ2) is 84.5. The summed E-state index contributed by atoms with van der Waals surface area (Å²) in [5, 5.41) is 165. The number of aliphatic carboxylic acids is 12. The van der Waals surface area contributed by atoms with Crippen LogP contribution in [0.15, 0.2) is 84.9 Å². The van der Waals surface area contributed by atoms with E-state index >= 15 is 0 Å². The minimum atomic E-state index is -1.34. The molecule has 19 N–H and O–H groups in total. The number of carboxylic acid groups (broad SMARTS) is 12. The van der Waals surface area contributed by atoms with E-state index in [9.17, 15) is 62.6 Å². The molecular formula is C102H182O32S. The van der Waals surface area contributed by atoms with Crippen LogP contribution in [-0.2, 0) is 75.1 Å². The van der Waals surface area contributed by atoms with Crippen molar-refractivity contribution in [3.05, 3.63) is 102 Å². The molecule has 3 rings (SSSR count). The van der Waals surface area contributed by atoms with Gasteiger partial charge >= 0.3 is 71.6 Å². The van der Waals surface area contributed by atoms with Crippen molar-refractivity contribution < 1.29 is 159 Å². The van der Waals surface area contributed by atoms with Gasteiger partial charge in [-0.2, -0.15) is 11.8 Å². The highest BCUT2D eigenvalue weighted by molar-refractivity contribution is 7.98. The fourth-order valence-electron chi connectivity index (χ4n) is 12.3. The molecule has 0 bridgehead atoms. The van der Waals surface area contributed by atoms with Crippen molar-refractivity contribution in [3.8, 4) is 5.75 Å². The van der Waals surface area contributed by atoms with Gasteiger partial charge in [-0.3, -0.25) is 43.2 Å². The number of benzene rings is 3. The summed E-state index contributed by atoms with van der Waals surface area (Å²) < 4.78 is 4.66. The zero-order chi connectivity index (χ0) is 107. The lowest BCUT2D eigenvalue weighted by molar-refractivity contribution is -0.149. The molecule has 0 amide bonds. The Morgan fingerprint density at radius 1 is 0.311 bits per heavy atom. The predicted molar refractivity (Wildman–Crippen MR) is 530 cm³/mol. The molecule has 13 unspecified atom stereocenters. The summed E-state index contributed by atoms with van der Waals surface area (Å²) in [5.74, 6) is -9.66. The van der Waals surface area contributed by atoms with Crippen LogP contribution in [0, 0.1) is 136 Å². The molecule has 13 atom stereocenters. The molecule has 0 saturated heterocycles. The summed E-state index contributed by atoms with van der Waals surface area (Å²) >= 11 is 1.70. The monoisotopic (exact) mass is 1950 g/mol. The maximum atomic E-state index is 11.0. The fraction of sp³-hybridized carbons (Fsp3) is 0.706. The van der Waals surface area contributed by atoms with Gasteiger partial charge < -0.3 is 102 Å². The van der Waals surface area contributed by atoms with E-state index in [2.05, 4.69) is 18.6 Å². The van der Waals surface area contributed by atoms with Crippen molar-refractivity contribution in [2.45, 2.75) is 297 Å². The molecule has 788 valence electrons. The number of aromatic hydroxyl groups is 1. The van der Waals surface area contributed by atoms with Crippen molar-refractivity contribution in [1.82, 2.24) is 0 Å². The Balaban J connectivity index is -0.000000159. The Kier molecular flexibility index (Phi) is 91.6. The molecule has 0 spiro atoms. The molecule has 32 nitrogen and oxygen atoms in total. The maximum Gasteiger partial charge on any atom is 0.333 e. The fourth-order valence-corrected chi connectivity index (χ4v) is 12.8. The standard InChI is InChI=1S/2C12H16O3.C12H16O2.C9H18O2.C8H16O4.C8H16O2S.C8H16O2.2C7H14O3.2C6H12O3.C6H12O2.CH4/c1-8(2)11(12(14)15)7-9-3-5-10(13)6-4-9;1-8(2)10(11(13)12(14)15)9-6-4-3-5-7-9;1-9(2)11(12(13)14)8-10-6-4-3-5-7-10;1-6(2)5-8(7(3)4)9(10)11;1-6(2)7(8(10)11)3-4-12-5-9;1-6(2)7(8(9)10)4-5-11-3;1-5(2)7(6(3)4)8(9)10;1-5(2)3-4-6(8)7(9)10;1-4(2)6(5(3)8)7(9)10;1-4(2)5(3-7)6(8)9;1-4(2)3-5(7)6(8)9;1-4(2)5(3)6(7)8;/h3-6,8,11,13H,7H2,1-2H3,(H,14,15);3-8,10-11,13H,1-2H3,(H,14,15);3-7,9,11H,8H2,1-2H3,(H,13,14);6-8H,5H2,1-4H3,(H,10,11);6-7,9H,3-5H2,1-2H3,(H,10,11);6-7H,4-5H2,1-3H3,(H,9,10);5-7H,1-4H3,(H,9,10);5-6,8H,3-4H2,1-2H3,(H,9,10);4-6,8H,1-3H3,(H,9,10);2*4-5,7H,3H2,1-2H3,(H,8,9);4-5H,1-3H3,(H,7,8);1H4. The number of phenols is 1. The highest BCUT2D eigenvalue weighted by Crippen LogP contribution is 2.29. The zero-order valence-electron chi connectivity index (χ0n) is 85.9. The second-order valence-electron chi connectivity index (χ2n) is 38.0. The Hall–Kier alpha value is -8.83. The lowest BCUT2D eigenvalue weighted by Gasteiger charge is -2.23. The van der Waals surface area contributed by atoms with Crippen LogP contribution in [0.5, 0.6) is 5.75 Å². The van der Waals surface area contributed by atoms with E-state index in [1.54, 1.807) is 70.6 Å². The smallest absolute Gasteiger partial charge is 0.333 e. The van der Waals surface area contributed by atoms with Crippen molar-refractivity contribution in [3.63, 3.8) is 0 Å². The molecular weight excluding hydrogens is 1770 g/mol. The van der Waals surface area contributed by atoms with E-state index in [0.717, 1.165) is 41.7 Å². The van der Waals surface area contributed by atoms with Gasteiger partial charge in [0.05, 0.1) is 72.6 Å². The third-order valence-corrected chi connectivity index (χ3v) is 21.7. The first-order chi connectivity index (χ1) is 61.4. The van der Waals surface area contributed by atoms with Gasteiger partial charge in [0.1, 0.15) is 12.5 Å². The van der Waals surface area contributed by atoms with E-state index in [-0.39, 0.29) is 145 Å². The summed E-state index contributed by atoms with van der Waals surface area (Å²) in [6, 6.07) is 25.7. The first-order valence-electron chi connectivity index (χ1n) is 46.0. The number of thioether (sulfide) groups is 1. The molecule has 33 heteroatoms. The van der Waals surface area contributed by atoms with Gasteiger partial charge in [-0.15, -0.1) is 0 Å². The molecule has 0 aromatic heterocycles. The minimum absolute atomic E-state index is 0. The Bertz CT molecular complexity index is 3500. The van der Waals surface area contributed by atoms with Gasteiger partial charge in [0.15, 0.2) is 18.3 Å². The van der Waals surface area contributed by atoms with Crippen LogP contribution < -0.4 is 0 Å². The third kappa shape index (κ3) is 80.9. The molecule has 0 saturated carbocycles. The van der Waals surface area contributed by atoms with Gasteiger partial charge in [0, 0.05) is 5.92 Å². The van der Waals surface area contributed by atoms with Crippen LogP contribution in [0.25, 0.3) is 0 Å². The van der Waals surface area contributed by atoms with Gasteiger partial charge in [-0.05, 0) is 182 Å². The van der Waals surface area contributed by atoms with Crippen LogP contribution in [0.1, 0.15) is 276 Å². The van der Waals surface area contributed by atoms with Crippen molar-refractivity contribution in [2.75, 3.05) is 32.0 Å². The Morgan fingerprint density at radius 2 is 0.644 bits per heavy atom. The van der Waals surface area contributed by atoms with E-state index in [4.69, 9.17) is 91.9 Å². The second-order valence-corrected chi connectivity index (χ2v) is 38.9. The molecule has 0 fully saturated rings. The molecule has 0 heterocycles. The summed E-state index contributed by atoms with van der Waals surface area (Å²) in [6.07, 6.45) is 2.11. The van der Waals surface area contributed by atoms with E-state index in [0.29, 0.717) is 50.5 Å². The number of ether oxygens (including phenoxy) is 1. The van der Waals surface area contributed by atoms with E-state index < -0.39 is 108 Å². The normalized spacial score (nSPS) is 13.6. The zero-order valence-corrected chi connectivity index (χ0v) is 86.8. The molecule has 0 aliphatic heterocycles. The summed E-state index contributed by atoms with van der Waals surface area (Å²) in [7, 11) is 0. The van der Waals surface area contributed by atoms with Gasteiger partial charge in [-0.1, -0.05) is 281 Å². The van der Waals surface area contributed by atoms with Crippen LogP contribution in [-0.4, -0.2) is 225 Å². The largest absolute Gasteiger partial charge is 0.508 e. The summed E-state index contributed by atoms with van der Waals surface area (Å²) in [4.78, 5) is 126. The number of aliphatic hydroxyl groups excluding tert-OH is 6. The number of aliphatic hydroxyl groups is 6. The molecule has 0 aliphatic carbocycles. The molecule has 135 heavy (non-hydrogen) atoms. The van der Waals surface area contributed by atoms with Gasteiger partial charge in [-0.25, -0.2) is 14.4 Å². The summed E-state index contributed by atoms with van der Waals surface area (Å²) in [5.41, 5.74) is 2.89. The lowest BCUT2D eigenvalue weighted by atomic mass is 9.84. The van der Waals surface area contributed by atoms with E-state index in [1.165, 1.54) is 6.92 Å². The topological polar surface area (TPSA) is 598 Å². The average molecular weight is 1950 g/mol. The SMILES string of the molecule is C.CC(C)C(C(=O)O)C(C)C.CC(C)C(C(=O)O)C(C)O.CC(C)C(C)C(=O)O.CC(C)C(CCOCO)C(=O)O.CC(C)C(CO)C(=O)O.CC(C)C(Cc1ccc(O)cc1)C(=O)O.CC(C)C(Cc1ccccc1)C(=O)O.CC(C)C(c1ccccc1)C(O)C(=O)O.CC(C)CC(C(=O)O)C(C)C.CC(C)CC(O)C(=O)O.CC(C)CCC(O)C(=O)O.CSCCC(C(=O)O)C(C)C. The van der Waals surface area contributed by atoms with Crippen LogP contribution >= 0.6 is 11.8 Å². The summed E-state index contributed by atoms with van der Waals surface area (Å²) in [6.45, 7) is 56.5. The number of rotatable bonds is 45. The van der Waals surface area contributed by atoms with Crippen molar-refractivity contribution in [2.24, 2.45) is 136 Å². The van der Waals surface area contributed by atoms with Crippen LogP contribution in [0.4, 0.5) is 0 Å². The highest BCUT2D eigenvalue weighted by atomic mass is 32.2. The minimum Gasteiger partial charge on any atom is -0.508 e.